The van der Waals surface area contributed by atoms with Gasteiger partial charge in [0.25, 0.3) is 5.91 Å². The molecule has 27 heavy (non-hydrogen) atoms. The van der Waals surface area contributed by atoms with Crippen molar-refractivity contribution in [3.05, 3.63) is 64.5 Å². The van der Waals surface area contributed by atoms with E-state index in [0.29, 0.717) is 28.7 Å². The average molecular weight is 402 g/mol. The molecule has 1 amide bonds. The predicted octanol–water partition coefficient (Wildman–Crippen LogP) is 6.12. The maximum atomic E-state index is 12.8. The van der Waals surface area contributed by atoms with Gasteiger partial charge < -0.3 is 14.8 Å². The van der Waals surface area contributed by atoms with E-state index >= 15 is 0 Å². The third-order valence-corrected chi connectivity index (χ3v) is 5.09. The molecule has 0 spiro atoms. The first kappa shape index (κ1) is 19.3. The summed E-state index contributed by atoms with van der Waals surface area (Å²) in [4.78, 5) is 13.9. The SMILES string of the molecule is CCCOc1c(Cl)cc(C(=O)Nc2ccccc2-c2cccs2)cc1OC. The van der Waals surface area contributed by atoms with Crippen LogP contribution < -0.4 is 14.8 Å². The fourth-order valence-corrected chi connectivity index (χ4v) is 3.66. The number of ether oxygens (including phenoxy) is 2. The fourth-order valence-electron chi connectivity index (χ4n) is 2.63. The fraction of sp³-hybridized carbons (Fsp3) is 0.190. The summed E-state index contributed by atoms with van der Waals surface area (Å²) < 4.78 is 11.0. The zero-order valence-corrected chi connectivity index (χ0v) is 16.7. The number of hydrogen-bond donors (Lipinski definition) is 1. The molecule has 1 N–H and O–H groups in total. The molecule has 3 aromatic rings. The predicted molar refractivity (Wildman–Crippen MR) is 111 cm³/mol. The van der Waals surface area contributed by atoms with Crippen LogP contribution in [0.3, 0.4) is 0 Å². The monoisotopic (exact) mass is 401 g/mol. The minimum atomic E-state index is -0.263. The molecule has 0 unspecified atom stereocenters. The van der Waals surface area contributed by atoms with Crippen LogP contribution in [0.25, 0.3) is 10.4 Å². The van der Waals surface area contributed by atoms with Crippen LogP contribution >= 0.6 is 22.9 Å². The summed E-state index contributed by atoms with van der Waals surface area (Å²) in [7, 11) is 1.53. The molecule has 0 bridgehead atoms. The van der Waals surface area contributed by atoms with Crippen molar-refractivity contribution in [2.24, 2.45) is 0 Å². The molecule has 0 saturated heterocycles. The van der Waals surface area contributed by atoms with Crippen molar-refractivity contribution in [3.63, 3.8) is 0 Å². The minimum Gasteiger partial charge on any atom is -0.493 e. The van der Waals surface area contributed by atoms with Gasteiger partial charge in [0.2, 0.25) is 0 Å². The average Bonchev–Trinajstić information content (AvgIpc) is 3.21. The van der Waals surface area contributed by atoms with Crippen molar-refractivity contribution in [3.8, 4) is 21.9 Å². The van der Waals surface area contributed by atoms with Crippen LogP contribution in [0.4, 0.5) is 5.69 Å². The Hall–Kier alpha value is -2.50. The number of thiophene rings is 1. The van der Waals surface area contributed by atoms with Gasteiger partial charge in [-0.15, -0.1) is 11.3 Å². The number of carbonyl (C=O) groups is 1. The maximum absolute atomic E-state index is 12.8. The van der Waals surface area contributed by atoms with Gasteiger partial charge >= 0.3 is 0 Å². The van der Waals surface area contributed by atoms with Gasteiger partial charge in [0, 0.05) is 21.7 Å². The Labute approximate surface area is 167 Å². The van der Waals surface area contributed by atoms with Gasteiger partial charge in [-0.3, -0.25) is 4.79 Å². The highest BCUT2D eigenvalue weighted by Gasteiger charge is 2.17. The van der Waals surface area contributed by atoms with E-state index in [-0.39, 0.29) is 5.91 Å². The van der Waals surface area contributed by atoms with Gasteiger partial charge in [0.05, 0.1) is 18.7 Å². The lowest BCUT2D eigenvalue weighted by Crippen LogP contribution is -2.13. The maximum Gasteiger partial charge on any atom is 0.255 e. The number of benzene rings is 2. The highest BCUT2D eigenvalue weighted by molar-refractivity contribution is 7.13. The highest BCUT2D eigenvalue weighted by atomic mass is 35.5. The van der Waals surface area contributed by atoms with E-state index in [9.17, 15) is 4.79 Å². The smallest absolute Gasteiger partial charge is 0.255 e. The molecular formula is C21H20ClNO3S. The number of methoxy groups -OCH3 is 1. The summed E-state index contributed by atoms with van der Waals surface area (Å²) in [6.07, 6.45) is 0.848. The molecule has 0 saturated carbocycles. The second-order valence-corrected chi connectivity index (χ2v) is 7.17. The zero-order valence-electron chi connectivity index (χ0n) is 15.1. The minimum absolute atomic E-state index is 0.263. The standard InChI is InChI=1S/C21H20ClNO3S/c1-3-10-26-20-16(22)12-14(13-18(20)25-2)21(24)23-17-8-5-4-7-15(17)19-9-6-11-27-19/h4-9,11-13H,3,10H2,1-2H3,(H,23,24). The molecule has 0 radical (unpaired) electrons. The van der Waals surface area contributed by atoms with E-state index < -0.39 is 0 Å². The molecule has 0 aliphatic heterocycles. The van der Waals surface area contributed by atoms with Crippen LogP contribution in [0.1, 0.15) is 23.7 Å². The van der Waals surface area contributed by atoms with Gasteiger partial charge in [-0.2, -0.15) is 0 Å². The number of nitrogens with one attached hydrogen (secondary N) is 1. The summed E-state index contributed by atoms with van der Waals surface area (Å²) >= 11 is 7.95. The number of rotatable bonds is 7. The number of halogens is 1. The molecule has 0 aliphatic carbocycles. The summed E-state index contributed by atoms with van der Waals surface area (Å²) in [5.74, 6) is 0.630. The zero-order chi connectivity index (χ0) is 19.2. The normalized spacial score (nSPS) is 10.5. The highest BCUT2D eigenvalue weighted by Crippen LogP contribution is 2.37. The quantitative estimate of drug-likeness (QED) is 0.518. The van der Waals surface area contributed by atoms with Crippen LogP contribution in [0.5, 0.6) is 11.5 Å². The number of para-hydroxylation sites is 1. The molecule has 2 aromatic carbocycles. The Morgan fingerprint density at radius 1 is 1.19 bits per heavy atom. The summed E-state index contributed by atoms with van der Waals surface area (Å²) in [5.41, 5.74) is 2.12. The third-order valence-electron chi connectivity index (χ3n) is 3.90. The number of amides is 1. The molecule has 0 aliphatic rings. The first-order chi connectivity index (χ1) is 13.1. The van der Waals surface area contributed by atoms with Crippen molar-refractivity contribution in [1.29, 1.82) is 0 Å². The molecule has 6 heteroatoms. The van der Waals surface area contributed by atoms with E-state index in [0.717, 1.165) is 22.5 Å². The van der Waals surface area contributed by atoms with E-state index in [1.807, 2.05) is 48.7 Å². The Bertz CT molecular complexity index is 925. The van der Waals surface area contributed by atoms with Gasteiger partial charge in [-0.25, -0.2) is 0 Å². The van der Waals surface area contributed by atoms with Crippen LogP contribution in [0.15, 0.2) is 53.9 Å². The first-order valence-electron chi connectivity index (χ1n) is 8.58. The number of anilines is 1. The van der Waals surface area contributed by atoms with Gasteiger partial charge in [0.15, 0.2) is 11.5 Å². The third kappa shape index (κ3) is 4.43. The number of carbonyl (C=O) groups excluding carboxylic acids is 1. The Morgan fingerprint density at radius 2 is 2.00 bits per heavy atom. The molecule has 1 heterocycles. The van der Waals surface area contributed by atoms with E-state index in [2.05, 4.69) is 5.32 Å². The largest absolute Gasteiger partial charge is 0.493 e. The second-order valence-electron chi connectivity index (χ2n) is 5.81. The van der Waals surface area contributed by atoms with E-state index in [1.165, 1.54) is 7.11 Å². The van der Waals surface area contributed by atoms with Crippen molar-refractivity contribution >= 4 is 34.5 Å². The van der Waals surface area contributed by atoms with Crippen molar-refractivity contribution in [2.75, 3.05) is 19.0 Å². The summed E-state index contributed by atoms with van der Waals surface area (Å²) in [6, 6.07) is 14.9. The van der Waals surface area contributed by atoms with Crippen LogP contribution in [-0.4, -0.2) is 19.6 Å². The Kier molecular flexibility index (Phi) is 6.37. The molecule has 4 nitrogen and oxygen atoms in total. The lowest BCUT2D eigenvalue weighted by Gasteiger charge is -2.14. The van der Waals surface area contributed by atoms with E-state index in [1.54, 1.807) is 23.5 Å². The first-order valence-corrected chi connectivity index (χ1v) is 9.84. The lowest BCUT2D eigenvalue weighted by molar-refractivity contribution is 0.102. The number of hydrogen-bond acceptors (Lipinski definition) is 4. The Morgan fingerprint density at radius 3 is 2.70 bits per heavy atom. The van der Waals surface area contributed by atoms with Crippen molar-refractivity contribution < 1.29 is 14.3 Å². The van der Waals surface area contributed by atoms with Gasteiger partial charge in [0.1, 0.15) is 0 Å². The molecule has 3 rings (SSSR count). The molecular weight excluding hydrogens is 382 g/mol. The van der Waals surface area contributed by atoms with E-state index in [4.69, 9.17) is 21.1 Å². The molecule has 0 atom stereocenters. The van der Waals surface area contributed by atoms with Crippen LogP contribution in [0, 0.1) is 0 Å². The topological polar surface area (TPSA) is 47.6 Å². The van der Waals surface area contributed by atoms with Crippen LogP contribution in [-0.2, 0) is 0 Å². The molecule has 0 fully saturated rings. The molecule has 1 aromatic heterocycles. The lowest BCUT2D eigenvalue weighted by atomic mass is 10.1. The van der Waals surface area contributed by atoms with Crippen LogP contribution in [0.2, 0.25) is 5.02 Å². The summed E-state index contributed by atoms with van der Waals surface area (Å²) in [5, 5.41) is 5.32. The van der Waals surface area contributed by atoms with Gasteiger partial charge in [-0.05, 0) is 36.1 Å². The van der Waals surface area contributed by atoms with Gasteiger partial charge in [-0.1, -0.05) is 42.8 Å². The molecule has 140 valence electrons. The Balaban J connectivity index is 1.88. The van der Waals surface area contributed by atoms with Crippen molar-refractivity contribution in [1.82, 2.24) is 0 Å². The second kappa shape index (κ2) is 8.93. The van der Waals surface area contributed by atoms with Crippen molar-refractivity contribution in [2.45, 2.75) is 13.3 Å². The summed E-state index contributed by atoms with van der Waals surface area (Å²) in [6.45, 7) is 2.53.